The van der Waals surface area contributed by atoms with Crippen LogP contribution in [0.25, 0.3) is 0 Å². The molecular weight excluding hydrogens is 212 g/mol. The highest BCUT2D eigenvalue weighted by Crippen LogP contribution is 2.32. The molecule has 0 bridgehead atoms. The number of rotatable bonds is 5. The van der Waals surface area contributed by atoms with Gasteiger partial charge in [-0.15, -0.1) is 0 Å². The predicted molar refractivity (Wildman–Crippen MR) is 68.9 cm³/mol. The largest absolute Gasteiger partial charge is 0.492 e. The Morgan fingerprint density at radius 1 is 1.41 bits per heavy atom. The zero-order valence-corrected chi connectivity index (χ0v) is 10.6. The normalized spacial score (nSPS) is 18.2. The van der Waals surface area contributed by atoms with Crippen molar-refractivity contribution >= 4 is 0 Å². The highest BCUT2D eigenvalue weighted by molar-refractivity contribution is 5.25. The van der Waals surface area contributed by atoms with Gasteiger partial charge in [0.05, 0.1) is 12.8 Å². The van der Waals surface area contributed by atoms with Crippen molar-refractivity contribution in [1.29, 1.82) is 0 Å². The number of hydrogen-bond acceptors (Lipinski definition) is 3. The van der Waals surface area contributed by atoms with Crippen molar-refractivity contribution in [3.05, 3.63) is 24.0 Å². The number of nitrogens with zero attached hydrogens (tertiary/aromatic N) is 1. The zero-order valence-electron chi connectivity index (χ0n) is 10.6. The lowest BCUT2D eigenvalue weighted by Gasteiger charge is -2.16. The van der Waals surface area contributed by atoms with Gasteiger partial charge in [-0.1, -0.05) is 25.7 Å². The zero-order chi connectivity index (χ0) is 12.1. The Kier molecular flexibility index (Phi) is 4.37. The first-order valence-electron chi connectivity index (χ1n) is 6.63. The fraction of sp³-hybridized carbons (Fsp3) is 0.643. The summed E-state index contributed by atoms with van der Waals surface area (Å²) < 4.78 is 5.45. The molecule has 2 rings (SSSR count). The van der Waals surface area contributed by atoms with Gasteiger partial charge in [-0.05, 0) is 30.9 Å². The van der Waals surface area contributed by atoms with Crippen LogP contribution in [0.5, 0.6) is 5.75 Å². The molecule has 0 saturated heterocycles. The first-order chi connectivity index (χ1) is 8.29. The lowest BCUT2D eigenvalue weighted by atomic mass is 9.95. The molecule has 0 aromatic carbocycles. The molecule has 1 aliphatic rings. The van der Waals surface area contributed by atoms with Crippen LogP contribution in [0.2, 0.25) is 0 Å². The van der Waals surface area contributed by atoms with Crippen molar-refractivity contribution in [2.24, 2.45) is 11.7 Å². The molecular formula is C14H22N2O. The highest BCUT2D eigenvalue weighted by atomic mass is 16.5. The molecule has 1 fully saturated rings. The summed E-state index contributed by atoms with van der Waals surface area (Å²) in [5.41, 5.74) is 7.34. The van der Waals surface area contributed by atoms with Crippen LogP contribution in [-0.4, -0.2) is 11.6 Å². The van der Waals surface area contributed by atoms with Gasteiger partial charge < -0.3 is 10.5 Å². The molecule has 1 saturated carbocycles. The van der Waals surface area contributed by atoms with Gasteiger partial charge in [-0.2, -0.15) is 0 Å². The molecule has 0 spiro atoms. The van der Waals surface area contributed by atoms with E-state index in [-0.39, 0.29) is 6.04 Å². The molecule has 1 unspecified atom stereocenters. The minimum Gasteiger partial charge on any atom is -0.492 e. The summed E-state index contributed by atoms with van der Waals surface area (Å²) >= 11 is 0. The molecule has 1 atom stereocenters. The number of nitrogens with two attached hydrogens (primary N) is 1. The molecule has 94 valence electrons. The summed E-state index contributed by atoms with van der Waals surface area (Å²) in [4.78, 5) is 4.19. The third kappa shape index (κ3) is 3.43. The van der Waals surface area contributed by atoms with Gasteiger partial charge in [-0.3, -0.25) is 4.98 Å². The number of hydrogen-bond donors (Lipinski definition) is 1. The Morgan fingerprint density at radius 3 is 2.88 bits per heavy atom. The van der Waals surface area contributed by atoms with Gasteiger partial charge in [0.25, 0.3) is 0 Å². The van der Waals surface area contributed by atoms with E-state index in [0.29, 0.717) is 6.61 Å². The Bertz CT molecular complexity index is 348. The van der Waals surface area contributed by atoms with Crippen LogP contribution in [0.3, 0.4) is 0 Å². The average molecular weight is 234 g/mol. The fourth-order valence-corrected chi connectivity index (χ4v) is 2.63. The molecule has 1 aliphatic carbocycles. The monoisotopic (exact) mass is 234 g/mol. The maximum Gasteiger partial charge on any atom is 0.137 e. The van der Waals surface area contributed by atoms with Crippen molar-refractivity contribution in [3.63, 3.8) is 0 Å². The molecule has 1 aromatic rings. The summed E-state index contributed by atoms with van der Waals surface area (Å²) in [5, 5.41) is 0. The van der Waals surface area contributed by atoms with E-state index in [1.54, 1.807) is 6.20 Å². The van der Waals surface area contributed by atoms with Crippen LogP contribution < -0.4 is 10.5 Å². The second kappa shape index (κ2) is 6.01. The van der Waals surface area contributed by atoms with Gasteiger partial charge in [0.1, 0.15) is 5.75 Å². The van der Waals surface area contributed by atoms with Crippen LogP contribution in [-0.2, 0) is 0 Å². The maximum absolute atomic E-state index is 6.24. The van der Waals surface area contributed by atoms with E-state index in [1.165, 1.54) is 25.7 Å². The van der Waals surface area contributed by atoms with Gasteiger partial charge >= 0.3 is 0 Å². The topological polar surface area (TPSA) is 48.1 Å². The standard InChI is InChI=1S/C14H22N2O/c1-2-17-13-8-12(9-16-10-13)14(15)7-11-5-3-4-6-11/h8-11,14H,2-7,15H2,1H3. The highest BCUT2D eigenvalue weighted by Gasteiger charge is 2.19. The molecule has 0 aliphatic heterocycles. The Morgan fingerprint density at radius 2 is 2.18 bits per heavy atom. The Labute approximate surface area is 103 Å². The van der Waals surface area contributed by atoms with Crippen LogP contribution in [0.1, 0.15) is 50.6 Å². The Hall–Kier alpha value is -1.09. The van der Waals surface area contributed by atoms with Crippen molar-refractivity contribution in [1.82, 2.24) is 4.98 Å². The Balaban J connectivity index is 1.97. The summed E-state index contributed by atoms with van der Waals surface area (Å²) in [7, 11) is 0. The first kappa shape index (κ1) is 12.4. The van der Waals surface area contributed by atoms with Gasteiger partial charge in [0, 0.05) is 12.2 Å². The van der Waals surface area contributed by atoms with Gasteiger partial charge in [0.15, 0.2) is 0 Å². The van der Waals surface area contributed by atoms with Crippen LogP contribution in [0.15, 0.2) is 18.5 Å². The van der Waals surface area contributed by atoms with E-state index >= 15 is 0 Å². The minimum atomic E-state index is 0.103. The quantitative estimate of drug-likeness (QED) is 0.851. The van der Waals surface area contributed by atoms with E-state index in [9.17, 15) is 0 Å². The summed E-state index contributed by atoms with van der Waals surface area (Å²) in [6.07, 6.45) is 10.1. The lowest BCUT2D eigenvalue weighted by Crippen LogP contribution is -2.14. The van der Waals surface area contributed by atoms with Gasteiger partial charge in [0.2, 0.25) is 0 Å². The lowest BCUT2D eigenvalue weighted by molar-refractivity contribution is 0.337. The minimum absolute atomic E-state index is 0.103. The molecule has 0 amide bonds. The molecule has 2 N–H and O–H groups in total. The number of aromatic nitrogens is 1. The summed E-state index contributed by atoms with van der Waals surface area (Å²) in [5.74, 6) is 1.63. The maximum atomic E-state index is 6.24. The second-order valence-electron chi connectivity index (χ2n) is 4.88. The van der Waals surface area contributed by atoms with E-state index in [1.807, 2.05) is 19.2 Å². The third-order valence-electron chi connectivity index (χ3n) is 3.54. The predicted octanol–water partition coefficient (Wildman–Crippen LogP) is 3.06. The van der Waals surface area contributed by atoms with E-state index in [0.717, 1.165) is 23.7 Å². The molecule has 17 heavy (non-hydrogen) atoms. The fourth-order valence-electron chi connectivity index (χ4n) is 2.63. The molecule has 1 heterocycles. The molecule has 1 aromatic heterocycles. The van der Waals surface area contributed by atoms with E-state index in [4.69, 9.17) is 10.5 Å². The molecule has 3 heteroatoms. The summed E-state index contributed by atoms with van der Waals surface area (Å²) in [6, 6.07) is 2.13. The van der Waals surface area contributed by atoms with Crippen LogP contribution in [0.4, 0.5) is 0 Å². The summed E-state index contributed by atoms with van der Waals surface area (Å²) in [6.45, 7) is 2.65. The van der Waals surface area contributed by atoms with Crippen LogP contribution in [0, 0.1) is 5.92 Å². The third-order valence-corrected chi connectivity index (χ3v) is 3.54. The van der Waals surface area contributed by atoms with Crippen molar-refractivity contribution in [2.45, 2.75) is 45.1 Å². The van der Waals surface area contributed by atoms with E-state index in [2.05, 4.69) is 4.98 Å². The van der Waals surface area contributed by atoms with E-state index < -0.39 is 0 Å². The van der Waals surface area contributed by atoms with Crippen LogP contribution >= 0.6 is 0 Å². The molecule has 3 nitrogen and oxygen atoms in total. The second-order valence-corrected chi connectivity index (χ2v) is 4.88. The van der Waals surface area contributed by atoms with Crippen molar-refractivity contribution < 1.29 is 4.74 Å². The van der Waals surface area contributed by atoms with Crippen molar-refractivity contribution in [2.75, 3.05) is 6.61 Å². The smallest absolute Gasteiger partial charge is 0.137 e. The average Bonchev–Trinajstić information content (AvgIpc) is 2.83. The first-order valence-corrected chi connectivity index (χ1v) is 6.63. The van der Waals surface area contributed by atoms with Crippen molar-refractivity contribution in [3.8, 4) is 5.75 Å². The number of ether oxygens (including phenoxy) is 1. The SMILES string of the molecule is CCOc1cncc(C(N)CC2CCCC2)c1. The molecule has 0 radical (unpaired) electrons. The number of pyridine rings is 1. The van der Waals surface area contributed by atoms with Gasteiger partial charge in [-0.25, -0.2) is 0 Å².